The molecule has 0 saturated carbocycles. The zero-order chi connectivity index (χ0) is 12.1. The molecule has 0 unspecified atom stereocenters. The van der Waals surface area contributed by atoms with E-state index in [2.05, 4.69) is 15.9 Å². The molecule has 0 aromatic heterocycles. The Morgan fingerprint density at radius 2 is 2.12 bits per heavy atom. The Kier molecular flexibility index (Phi) is 5.12. The highest BCUT2D eigenvalue weighted by Crippen LogP contribution is 2.33. The van der Waals surface area contributed by atoms with Crippen molar-refractivity contribution in [3.8, 4) is 5.75 Å². The lowest BCUT2D eigenvalue weighted by Gasteiger charge is -2.06. The molecule has 0 spiro atoms. The lowest BCUT2D eigenvalue weighted by Crippen LogP contribution is -1.96. The van der Waals surface area contributed by atoms with Crippen molar-refractivity contribution in [3.63, 3.8) is 0 Å². The van der Waals surface area contributed by atoms with Crippen molar-refractivity contribution < 1.29 is 14.6 Å². The predicted molar refractivity (Wildman–Crippen MR) is 66.4 cm³/mol. The zero-order valence-corrected chi connectivity index (χ0v) is 11.0. The van der Waals surface area contributed by atoms with Crippen LogP contribution in [0.25, 0.3) is 0 Å². The summed E-state index contributed by atoms with van der Waals surface area (Å²) >= 11 is 15.0. The number of halogens is 3. The van der Waals surface area contributed by atoms with Crippen molar-refractivity contribution >= 4 is 45.1 Å². The van der Waals surface area contributed by atoms with E-state index < -0.39 is 5.97 Å². The monoisotopic (exact) mass is 324 g/mol. The Bertz CT molecular complexity index is 432. The van der Waals surface area contributed by atoms with Crippen molar-refractivity contribution in [3.05, 3.63) is 38.8 Å². The summed E-state index contributed by atoms with van der Waals surface area (Å²) in [5.41, 5.74) is 0. The molecule has 0 radical (unpaired) electrons. The molecule has 86 valence electrons. The minimum Gasteiger partial charge on any atom is -0.488 e. The largest absolute Gasteiger partial charge is 0.488 e. The van der Waals surface area contributed by atoms with Gasteiger partial charge in [-0.1, -0.05) is 23.2 Å². The third kappa shape index (κ3) is 4.04. The van der Waals surface area contributed by atoms with Crippen LogP contribution in [0.15, 0.2) is 28.8 Å². The van der Waals surface area contributed by atoms with Crippen LogP contribution in [0.2, 0.25) is 10.0 Å². The van der Waals surface area contributed by atoms with E-state index >= 15 is 0 Å². The van der Waals surface area contributed by atoms with Gasteiger partial charge >= 0.3 is 5.97 Å². The third-order valence-corrected chi connectivity index (χ3v) is 3.06. The first kappa shape index (κ1) is 13.4. The fourth-order valence-corrected chi connectivity index (χ4v) is 1.75. The summed E-state index contributed by atoms with van der Waals surface area (Å²) in [6.07, 6.45) is 2.36. The smallest absolute Gasteiger partial charge is 0.328 e. The number of hydrogen-bond acceptors (Lipinski definition) is 2. The molecule has 0 heterocycles. The summed E-state index contributed by atoms with van der Waals surface area (Å²) in [7, 11) is 0. The third-order valence-electron chi connectivity index (χ3n) is 1.57. The Morgan fingerprint density at radius 3 is 2.75 bits per heavy atom. The van der Waals surface area contributed by atoms with E-state index in [1.54, 1.807) is 12.1 Å². The number of carboxylic acid groups (broad SMARTS) is 1. The van der Waals surface area contributed by atoms with E-state index in [9.17, 15) is 4.79 Å². The van der Waals surface area contributed by atoms with Crippen LogP contribution in [-0.2, 0) is 4.79 Å². The zero-order valence-electron chi connectivity index (χ0n) is 7.91. The molecule has 0 fully saturated rings. The predicted octanol–water partition coefficient (Wildman–Crippen LogP) is 3.78. The maximum absolute atomic E-state index is 10.2. The molecule has 3 nitrogen and oxygen atoms in total. The van der Waals surface area contributed by atoms with Crippen LogP contribution < -0.4 is 4.74 Å². The SMILES string of the molecule is O=C(O)/C=C/COc1cc(Cl)c(Br)cc1Cl. The van der Waals surface area contributed by atoms with Crippen molar-refractivity contribution in [2.45, 2.75) is 0 Å². The van der Waals surface area contributed by atoms with Gasteiger partial charge in [0.25, 0.3) is 0 Å². The van der Waals surface area contributed by atoms with Gasteiger partial charge in [0.05, 0.1) is 10.0 Å². The summed E-state index contributed by atoms with van der Waals surface area (Å²) in [6.45, 7) is 0.115. The molecule has 0 aliphatic heterocycles. The van der Waals surface area contributed by atoms with Gasteiger partial charge in [-0.05, 0) is 28.1 Å². The van der Waals surface area contributed by atoms with Gasteiger partial charge in [-0.25, -0.2) is 4.79 Å². The van der Waals surface area contributed by atoms with E-state index in [1.165, 1.54) is 6.08 Å². The van der Waals surface area contributed by atoms with Gasteiger partial charge in [-0.15, -0.1) is 0 Å². The molecule has 1 aromatic rings. The van der Waals surface area contributed by atoms with E-state index in [4.69, 9.17) is 33.0 Å². The first-order chi connectivity index (χ1) is 7.50. The quantitative estimate of drug-likeness (QED) is 0.677. The van der Waals surface area contributed by atoms with Gasteiger partial charge in [0.1, 0.15) is 12.4 Å². The average Bonchev–Trinajstić information content (AvgIpc) is 2.19. The van der Waals surface area contributed by atoms with Gasteiger partial charge in [0, 0.05) is 16.6 Å². The normalized spacial score (nSPS) is 10.7. The minimum atomic E-state index is -1.02. The van der Waals surface area contributed by atoms with Crippen LogP contribution in [0.4, 0.5) is 0 Å². The summed E-state index contributed by atoms with van der Waals surface area (Å²) in [5, 5.41) is 9.23. The Morgan fingerprint density at radius 1 is 1.44 bits per heavy atom. The van der Waals surface area contributed by atoms with E-state index in [1.807, 2.05) is 0 Å². The van der Waals surface area contributed by atoms with Crippen LogP contribution in [0, 0.1) is 0 Å². The maximum atomic E-state index is 10.2. The number of carbonyl (C=O) groups is 1. The summed E-state index contributed by atoms with van der Waals surface area (Å²) < 4.78 is 5.91. The van der Waals surface area contributed by atoms with Crippen LogP contribution in [0.3, 0.4) is 0 Å². The molecule has 1 rings (SSSR count). The van der Waals surface area contributed by atoms with Crippen LogP contribution in [0.5, 0.6) is 5.75 Å². The lowest BCUT2D eigenvalue weighted by molar-refractivity contribution is -0.131. The first-order valence-corrected chi connectivity index (χ1v) is 5.72. The Balaban J connectivity index is 2.67. The van der Waals surface area contributed by atoms with Crippen LogP contribution in [-0.4, -0.2) is 17.7 Å². The standard InChI is InChI=1S/C10H7BrCl2O3/c11-6-4-8(13)9(5-7(6)12)16-3-1-2-10(14)15/h1-2,4-5H,3H2,(H,14,15)/b2-1+. The number of ether oxygens (including phenoxy) is 1. The van der Waals surface area contributed by atoms with Gasteiger partial charge in [-0.2, -0.15) is 0 Å². The minimum absolute atomic E-state index is 0.115. The van der Waals surface area contributed by atoms with Crippen molar-refractivity contribution in [2.24, 2.45) is 0 Å². The van der Waals surface area contributed by atoms with Gasteiger partial charge in [-0.3, -0.25) is 0 Å². The highest BCUT2D eigenvalue weighted by molar-refractivity contribution is 9.10. The average molecular weight is 326 g/mol. The molecule has 16 heavy (non-hydrogen) atoms. The Labute approximate surface area is 111 Å². The molecule has 1 aromatic carbocycles. The van der Waals surface area contributed by atoms with Gasteiger partial charge < -0.3 is 9.84 Å². The van der Waals surface area contributed by atoms with E-state index in [0.717, 1.165) is 6.08 Å². The summed E-state index contributed by atoms with van der Waals surface area (Å²) in [6, 6.07) is 3.17. The van der Waals surface area contributed by atoms with Crippen molar-refractivity contribution in [1.82, 2.24) is 0 Å². The second-order valence-corrected chi connectivity index (χ2v) is 4.42. The molecule has 0 aliphatic carbocycles. The summed E-state index contributed by atoms with van der Waals surface area (Å²) in [5.74, 6) is -0.617. The van der Waals surface area contributed by atoms with Gasteiger partial charge in [0.2, 0.25) is 0 Å². The summed E-state index contributed by atoms with van der Waals surface area (Å²) in [4.78, 5) is 10.2. The highest BCUT2D eigenvalue weighted by atomic mass is 79.9. The van der Waals surface area contributed by atoms with Crippen molar-refractivity contribution in [2.75, 3.05) is 6.61 Å². The topological polar surface area (TPSA) is 46.5 Å². The van der Waals surface area contributed by atoms with E-state index in [0.29, 0.717) is 20.3 Å². The second kappa shape index (κ2) is 6.13. The number of hydrogen-bond donors (Lipinski definition) is 1. The molecular weight excluding hydrogens is 319 g/mol. The van der Waals surface area contributed by atoms with Crippen LogP contribution in [0.1, 0.15) is 0 Å². The fraction of sp³-hybridized carbons (Fsp3) is 0.100. The lowest BCUT2D eigenvalue weighted by atomic mass is 10.3. The number of benzene rings is 1. The van der Waals surface area contributed by atoms with E-state index in [-0.39, 0.29) is 6.61 Å². The number of rotatable bonds is 4. The number of aliphatic carboxylic acids is 1. The molecule has 1 N–H and O–H groups in total. The molecule has 0 bridgehead atoms. The molecule has 0 saturated heterocycles. The fourth-order valence-electron chi connectivity index (χ4n) is 0.902. The Hall–Kier alpha value is -0.710. The number of carboxylic acids is 1. The van der Waals surface area contributed by atoms with Crippen molar-refractivity contribution in [1.29, 1.82) is 0 Å². The molecule has 0 amide bonds. The highest BCUT2D eigenvalue weighted by Gasteiger charge is 2.05. The molecular formula is C10H7BrCl2O3. The molecule has 0 aliphatic rings. The molecule has 0 atom stereocenters. The molecule has 6 heteroatoms. The van der Waals surface area contributed by atoms with Gasteiger partial charge in [0.15, 0.2) is 0 Å². The first-order valence-electron chi connectivity index (χ1n) is 4.17. The maximum Gasteiger partial charge on any atom is 0.328 e. The second-order valence-electron chi connectivity index (χ2n) is 2.75. The van der Waals surface area contributed by atoms with Crippen LogP contribution >= 0.6 is 39.1 Å².